The Morgan fingerprint density at radius 2 is 1.81 bits per heavy atom. The van der Waals surface area contributed by atoms with Crippen LogP contribution in [0, 0.1) is 0 Å². The normalized spacial score (nSPS) is 10.0. The lowest BCUT2D eigenvalue weighted by Crippen LogP contribution is -2.18. The predicted molar refractivity (Wildman–Crippen MR) is 79.2 cm³/mol. The van der Waals surface area contributed by atoms with Gasteiger partial charge in [-0.2, -0.15) is 0 Å². The molecular formula is C15H16N2O4. The van der Waals surface area contributed by atoms with E-state index in [4.69, 9.17) is 9.47 Å². The van der Waals surface area contributed by atoms with Crippen molar-refractivity contribution in [1.82, 2.24) is 4.57 Å². The SMILES string of the molecule is COc1ccc(C(=O)Nc2ccc(=O)n(C)c2)cc1OC. The maximum atomic E-state index is 12.2. The fourth-order valence-electron chi connectivity index (χ4n) is 1.85. The van der Waals surface area contributed by atoms with Gasteiger partial charge in [0.05, 0.1) is 19.9 Å². The Morgan fingerprint density at radius 3 is 2.43 bits per heavy atom. The van der Waals surface area contributed by atoms with Gasteiger partial charge in [0.15, 0.2) is 11.5 Å². The number of anilines is 1. The van der Waals surface area contributed by atoms with Gasteiger partial charge >= 0.3 is 0 Å². The lowest BCUT2D eigenvalue weighted by molar-refractivity contribution is 0.102. The number of methoxy groups -OCH3 is 2. The Bertz CT molecular complexity index is 722. The van der Waals surface area contributed by atoms with Gasteiger partial charge in [0.25, 0.3) is 5.91 Å². The average Bonchev–Trinajstić information content (AvgIpc) is 2.50. The summed E-state index contributed by atoms with van der Waals surface area (Å²) in [5.41, 5.74) is 0.831. The molecule has 21 heavy (non-hydrogen) atoms. The highest BCUT2D eigenvalue weighted by molar-refractivity contribution is 6.04. The van der Waals surface area contributed by atoms with Crippen molar-refractivity contribution in [2.24, 2.45) is 7.05 Å². The van der Waals surface area contributed by atoms with Crippen molar-refractivity contribution in [1.29, 1.82) is 0 Å². The van der Waals surface area contributed by atoms with Gasteiger partial charge in [-0.25, -0.2) is 0 Å². The number of ether oxygens (including phenoxy) is 2. The van der Waals surface area contributed by atoms with E-state index in [1.807, 2.05) is 0 Å². The first-order valence-electron chi connectivity index (χ1n) is 6.25. The predicted octanol–water partition coefficient (Wildman–Crippen LogP) is 1.65. The van der Waals surface area contributed by atoms with E-state index in [9.17, 15) is 9.59 Å². The number of aryl methyl sites for hydroxylation is 1. The second-order valence-corrected chi connectivity index (χ2v) is 4.39. The molecule has 0 fully saturated rings. The number of nitrogens with zero attached hydrogens (tertiary/aromatic N) is 1. The largest absolute Gasteiger partial charge is 0.493 e. The van der Waals surface area contributed by atoms with Crippen LogP contribution in [0.25, 0.3) is 0 Å². The molecule has 0 spiro atoms. The van der Waals surface area contributed by atoms with Crippen molar-refractivity contribution in [3.8, 4) is 11.5 Å². The molecule has 0 atom stereocenters. The number of aromatic nitrogens is 1. The van der Waals surface area contributed by atoms with Crippen LogP contribution in [-0.4, -0.2) is 24.7 Å². The quantitative estimate of drug-likeness (QED) is 0.929. The number of amides is 1. The van der Waals surface area contributed by atoms with E-state index in [0.29, 0.717) is 22.7 Å². The minimum atomic E-state index is -0.297. The molecule has 0 radical (unpaired) electrons. The van der Waals surface area contributed by atoms with E-state index in [1.54, 1.807) is 37.5 Å². The Labute approximate surface area is 121 Å². The molecule has 1 N–H and O–H groups in total. The number of carbonyl (C=O) groups is 1. The van der Waals surface area contributed by atoms with Crippen LogP contribution in [0.5, 0.6) is 11.5 Å². The van der Waals surface area contributed by atoms with Crippen molar-refractivity contribution in [3.05, 3.63) is 52.4 Å². The molecule has 0 saturated carbocycles. The highest BCUT2D eigenvalue weighted by Crippen LogP contribution is 2.27. The number of hydrogen-bond acceptors (Lipinski definition) is 4. The molecule has 2 rings (SSSR count). The monoisotopic (exact) mass is 288 g/mol. The van der Waals surface area contributed by atoms with Crippen LogP contribution < -0.4 is 20.3 Å². The fraction of sp³-hybridized carbons (Fsp3) is 0.200. The van der Waals surface area contributed by atoms with Crippen LogP contribution in [0.3, 0.4) is 0 Å². The zero-order chi connectivity index (χ0) is 15.4. The van der Waals surface area contributed by atoms with Crippen molar-refractivity contribution < 1.29 is 14.3 Å². The first-order chi connectivity index (χ1) is 10.0. The van der Waals surface area contributed by atoms with Gasteiger partial charge in [-0.05, 0) is 24.3 Å². The molecule has 0 unspecified atom stereocenters. The third-order valence-corrected chi connectivity index (χ3v) is 2.99. The zero-order valence-corrected chi connectivity index (χ0v) is 12.0. The molecule has 0 saturated heterocycles. The highest BCUT2D eigenvalue weighted by Gasteiger charge is 2.11. The number of pyridine rings is 1. The summed E-state index contributed by atoms with van der Waals surface area (Å²) in [6.45, 7) is 0. The highest BCUT2D eigenvalue weighted by atomic mass is 16.5. The maximum Gasteiger partial charge on any atom is 0.255 e. The van der Waals surface area contributed by atoms with E-state index in [1.165, 1.54) is 24.9 Å². The van der Waals surface area contributed by atoms with E-state index >= 15 is 0 Å². The summed E-state index contributed by atoms with van der Waals surface area (Å²) in [6.07, 6.45) is 1.56. The minimum Gasteiger partial charge on any atom is -0.493 e. The van der Waals surface area contributed by atoms with E-state index < -0.39 is 0 Å². The molecule has 0 aliphatic carbocycles. The van der Waals surface area contributed by atoms with Crippen LogP contribution in [0.1, 0.15) is 10.4 Å². The molecule has 1 aromatic carbocycles. The summed E-state index contributed by atoms with van der Waals surface area (Å²) in [6, 6.07) is 7.84. The first-order valence-corrected chi connectivity index (χ1v) is 6.25. The molecule has 1 aromatic heterocycles. The topological polar surface area (TPSA) is 69.6 Å². The molecule has 1 heterocycles. The molecule has 1 amide bonds. The lowest BCUT2D eigenvalue weighted by atomic mass is 10.2. The van der Waals surface area contributed by atoms with Crippen LogP contribution in [0.4, 0.5) is 5.69 Å². The summed E-state index contributed by atoms with van der Waals surface area (Å²) in [5, 5.41) is 2.72. The van der Waals surface area contributed by atoms with E-state index in [-0.39, 0.29) is 11.5 Å². The lowest BCUT2D eigenvalue weighted by Gasteiger charge is -2.10. The van der Waals surface area contributed by atoms with Crippen LogP contribution in [0.15, 0.2) is 41.3 Å². The number of rotatable bonds is 4. The van der Waals surface area contributed by atoms with Gasteiger partial charge < -0.3 is 19.4 Å². The second kappa shape index (κ2) is 6.13. The Morgan fingerprint density at radius 1 is 1.10 bits per heavy atom. The third-order valence-electron chi connectivity index (χ3n) is 2.99. The molecule has 110 valence electrons. The standard InChI is InChI=1S/C15H16N2O4/c1-17-9-11(5-7-14(17)18)16-15(19)10-4-6-12(20-2)13(8-10)21-3/h4-9H,1-3H3,(H,16,19). The third kappa shape index (κ3) is 3.22. The molecule has 6 heteroatoms. The fourth-order valence-corrected chi connectivity index (χ4v) is 1.85. The van der Waals surface area contributed by atoms with Gasteiger partial charge in [-0.15, -0.1) is 0 Å². The van der Waals surface area contributed by atoms with Gasteiger partial charge in [-0.3, -0.25) is 9.59 Å². The number of nitrogens with one attached hydrogen (secondary N) is 1. The van der Waals surface area contributed by atoms with Gasteiger partial charge in [0.2, 0.25) is 5.56 Å². The van der Waals surface area contributed by atoms with Crippen molar-refractivity contribution in [2.45, 2.75) is 0 Å². The maximum absolute atomic E-state index is 12.2. The molecule has 0 aliphatic heterocycles. The Balaban J connectivity index is 2.23. The summed E-state index contributed by atoms with van der Waals surface area (Å²) in [5.74, 6) is 0.733. The molecule has 0 aliphatic rings. The Hall–Kier alpha value is -2.76. The minimum absolute atomic E-state index is 0.140. The van der Waals surface area contributed by atoms with Gasteiger partial charge in [0, 0.05) is 24.9 Å². The van der Waals surface area contributed by atoms with Crippen LogP contribution in [-0.2, 0) is 7.05 Å². The van der Waals surface area contributed by atoms with E-state index in [0.717, 1.165) is 0 Å². The Kier molecular flexibility index (Phi) is 4.27. The summed E-state index contributed by atoms with van der Waals surface area (Å²) < 4.78 is 11.7. The molecular weight excluding hydrogens is 272 g/mol. The summed E-state index contributed by atoms with van der Waals surface area (Å²) >= 11 is 0. The zero-order valence-electron chi connectivity index (χ0n) is 12.0. The van der Waals surface area contributed by atoms with Crippen LogP contribution >= 0.6 is 0 Å². The van der Waals surface area contributed by atoms with Crippen molar-refractivity contribution >= 4 is 11.6 Å². The van der Waals surface area contributed by atoms with Crippen LogP contribution in [0.2, 0.25) is 0 Å². The first kappa shape index (κ1) is 14.6. The molecule has 6 nitrogen and oxygen atoms in total. The van der Waals surface area contributed by atoms with Crippen molar-refractivity contribution in [3.63, 3.8) is 0 Å². The summed E-state index contributed by atoms with van der Waals surface area (Å²) in [4.78, 5) is 23.5. The van der Waals surface area contributed by atoms with Gasteiger partial charge in [0.1, 0.15) is 0 Å². The smallest absolute Gasteiger partial charge is 0.255 e. The molecule has 0 bridgehead atoms. The van der Waals surface area contributed by atoms with Crippen molar-refractivity contribution in [2.75, 3.05) is 19.5 Å². The number of carbonyl (C=O) groups excluding carboxylic acids is 1. The van der Waals surface area contributed by atoms with E-state index in [2.05, 4.69) is 5.32 Å². The number of benzene rings is 1. The summed E-state index contributed by atoms with van der Waals surface area (Å²) in [7, 11) is 4.66. The van der Waals surface area contributed by atoms with Gasteiger partial charge in [-0.1, -0.05) is 0 Å². The average molecular weight is 288 g/mol. The number of hydrogen-bond donors (Lipinski definition) is 1. The second-order valence-electron chi connectivity index (χ2n) is 4.39. The molecule has 2 aromatic rings.